The lowest BCUT2D eigenvalue weighted by atomic mass is 10.2. The minimum Gasteiger partial charge on any atom is -0.478 e. The highest BCUT2D eigenvalue weighted by Gasteiger charge is 2.23. The standard InChI is InChI=1S/C13H13N3O3/c17-7-10-11-4-3-8(13(18)19)6-16(11)12(15-10)9-2-1-5-14-9/h3-4,6-7,9,14H,1-2,5H2,(H,18,19). The number of carboxylic acid groups (broad SMARTS) is 1. The maximum atomic E-state index is 11.1. The zero-order valence-corrected chi connectivity index (χ0v) is 10.2. The molecule has 1 fully saturated rings. The van der Waals surface area contributed by atoms with Crippen molar-refractivity contribution in [3.63, 3.8) is 0 Å². The molecular weight excluding hydrogens is 246 g/mol. The summed E-state index contributed by atoms with van der Waals surface area (Å²) in [5.74, 6) is -0.286. The van der Waals surface area contributed by atoms with Gasteiger partial charge in [0.25, 0.3) is 0 Å². The van der Waals surface area contributed by atoms with E-state index in [0.717, 1.165) is 19.4 Å². The van der Waals surface area contributed by atoms with Crippen LogP contribution in [-0.2, 0) is 0 Å². The van der Waals surface area contributed by atoms with Gasteiger partial charge in [-0.3, -0.25) is 4.79 Å². The van der Waals surface area contributed by atoms with Crippen molar-refractivity contribution < 1.29 is 14.7 Å². The molecular formula is C13H13N3O3. The first-order valence-electron chi connectivity index (χ1n) is 6.14. The average Bonchev–Trinajstić information content (AvgIpc) is 3.04. The quantitative estimate of drug-likeness (QED) is 0.811. The van der Waals surface area contributed by atoms with Crippen molar-refractivity contribution in [1.29, 1.82) is 0 Å². The summed E-state index contributed by atoms with van der Waals surface area (Å²) in [6.45, 7) is 0.911. The molecule has 6 heteroatoms. The first-order chi connectivity index (χ1) is 9.20. The van der Waals surface area contributed by atoms with Gasteiger partial charge in [0.15, 0.2) is 6.29 Å². The van der Waals surface area contributed by atoms with Gasteiger partial charge in [-0.15, -0.1) is 0 Å². The van der Waals surface area contributed by atoms with Crippen molar-refractivity contribution in [3.8, 4) is 0 Å². The second kappa shape index (κ2) is 4.47. The molecule has 3 rings (SSSR count). The summed E-state index contributed by atoms with van der Waals surface area (Å²) in [5, 5.41) is 12.4. The number of fused-ring (bicyclic) bond motifs is 1. The smallest absolute Gasteiger partial charge is 0.337 e. The minimum absolute atomic E-state index is 0.0743. The van der Waals surface area contributed by atoms with E-state index >= 15 is 0 Å². The van der Waals surface area contributed by atoms with Crippen LogP contribution in [0.1, 0.15) is 45.6 Å². The van der Waals surface area contributed by atoms with Crippen LogP contribution in [0.25, 0.3) is 5.52 Å². The Kier molecular flexibility index (Phi) is 2.79. The second-order valence-electron chi connectivity index (χ2n) is 4.60. The fourth-order valence-corrected chi connectivity index (χ4v) is 2.50. The highest BCUT2D eigenvalue weighted by molar-refractivity contribution is 5.89. The highest BCUT2D eigenvalue weighted by atomic mass is 16.4. The number of carbonyl (C=O) groups is 2. The van der Waals surface area contributed by atoms with Gasteiger partial charge < -0.3 is 14.8 Å². The van der Waals surface area contributed by atoms with E-state index in [1.54, 1.807) is 10.5 Å². The van der Waals surface area contributed by atoms with Gasteiger partial charge in [-0.1, -0.05) is 0 Å². The molecule has 1 unspecified atom stereocenters. The van der Waals surface area contributed by atoms with Gasteiger partial charge in [0, 0.05) is 6.20 Å². The molecule has 19 heavy (non-hydrogen) atoms. The molecule has 0 bridgehead atoms. The topological polar surface area (TPSA) is 83.7 Å². The molecule has 98 valence electrons. The third-order valence-electron chi connectivity index (χ3n) is 3.42. The number of pyridine rings is 1. The summed E-state index contributed by atoms with van der Waals surface area (Å²) in [6, 6.07) is 3.18. The van der Waals surface area contributed by atoms with E-state index in [1.807, 2.05) is 0 Å². The zero-order chi connectivity index (χ0) is 13.4. The molecule has 2 N–H and O–H groups in total. The van der Waals surface area contributed by atoms with Crippen LogP contribution in [0.5, 0.6) is 0 Å². The third kappa shape index (κ3) is 1.90. The number of carbonyl (C=O) groups excluding carboxylic acids is 1. The highest BCUT2D eigenvalue weighted by Crippen LogP contribution is 2.25. The summed E-state index contributed by atoms with van der Waals surface area (Å²) < 4.78 is 1.70. The average molecular weight is 259 g/mol. The Morgan fingerprint density at radius 2 is 2.37 bits per heavy atom. The first kappa shape index (κ1) is 11.9. The summed E-state index contributed by atoms with van der Waals surface area (Å²) in [4.78, 5) is 26.4. The van der Waals surface area contributed by atoms with E-state index in [-0.39, 0.29) is 11.6 Å². The normalized spacial score (nSPS) is 18.8. The molecule has 0 aromatic carbocycles. The number of aromatic carboxylic acids is 1. The van der Waals surface area contributed by atoms with Crippen molar-refractivity contribution in [3.05, 3.63) is 35.4 Å². The van der Waals surface area contributed by atoms with Crippen molar-refractivity contribution in [2.24, 2.45) is 0 Å². The van der Waals surface area contributed by atoms with Crippen LogP contribution in [0.15, 0.2) is 18.3 Å². The minimum atomic E-state index is -0.992. The van der Waals surface area contributed by atoms with Crippen molar-refractivity contribution in [2.45, 2.75) is 18.9 Å². The Morgan fingerprint density at radius 3 is 3.00 bits per heavy atom. The van der Waals surface area contributed by atoms with E-state index < -0.39 is 5.97 Å². The zero-order valence-electron chi connectivity index (χ0n) is 10.2. The molecule has 2 aromatic rings. The fourth-order valence-electron chi connectivity index (χ4n) is 2.50. The predicted octanol–water partition coefficient (Wildman–Crippen LogP) is 1.27. The third-order valence-corrected chi connectivity index (χ3v) is 3.42. The lowest BCUT2D eigenvalue weighted by molar-refractivity contribution is 0.0696. The lowest BCUT2D eigenvalue weighted by Gasteiger charge is -2.09. The Morgan fingerprint density at radius 1 is 1.53 bits per heavy atom. The second-order valence-corrected chi connectivity index (χ2v) is 4.60. The number of nitrogens with zero attached hydrogens (tertiary/aromatic N) is 2. The maximum absolute atomic E-state index is 11.1. The van der Waals surface area contributed by atoms with Crippen LogP contribution in [0.4, 0.5) is 0 Å². The molecule has 0 radical (unpaired) electrons. The van der Waals surface area contributed by atoms with Gasteiger partial charge in [0.2, 0.25) is 0 Å². The molecule has 1 aliphatic heterocycles. The summed E-state index contributed by atoms with van der Waals surface area (Å²) in [7, 11) is 0. The first-order valence-corrected chi connectivity index (χ1v) is 6.14. The molecule has 3 heterocycles. The van der Waals surface area contributed by atoms with Crippen LogP contribution in [0.2, 0.25) is 0 Å². The number of carboxylic acids is 1. The Labute approximate surface area is 109 Å². The molecule has 1 atom stereocenters. The fraction of sp³-hybridized carbons (Fsp3) is 0.308. The van der Waals surface area contributed by atoms with Gasteiger partial charge in [-0.2, -0.15) is 0 Å². The Hall–Kier alpha value is -2.21. The van der Waals surface area contributed by atoms with E-state index in [4.69, 9.17) is 5.11 Å². The molecule has 0 amide bonds. The van der Waals surface area contributed by atoms with E-state index in [9.17, 15) is 9.59 Å². The van der Waals surface area contributed by atoms with Crippen molar-refractivity contribution >= 4 is 17.8 Å². The summed E-state index contributed by atoms with van der Waals surface area (Å²) in [5.41, 5.74) is 1.17. The van der Waals surface area contributed by atoms with Gasteiger partial charge in [0.1, 0.15) is 11.5 Å². The maximum Gasteiger partial charge on any atom is 0.337 e. The van der Waals surface area contributed by atoms with Crippen molar-refractivity contribution in [1.82, 2.24) is 14.7 Å². The van der Waals surface area contributed by atoms with Crippen LogP contribution < -0.4 is 5.32 Å². The monoisotopic (exact) mass is 259 g/mol. The number of hydrogen-bond donors (Lipinski definition) is 2. The van der Waals surface area contributed by atoms with Gasteiger partial charge in [0.05, 0.1) is 17.1 Å². The number of rotatable bonds is 3. The predicted molar refractivity (Wildman–Crippen MR) is 67.5 cm³/mol. The Balaban J connectivity index is 2.21. The molecule has 1 aliphatic rings. The number of nitrogens with one attached hydrogen (secondary N) is 1. The van der Waals surface area contributed by atoms with E-state index in [1.165, 1.54) is 12.3 Å². The van der Waals surface area contributed by atoms with Gasteiger partial charge in [-0.25, -0.2) is 9.78 Å². The van der Waals surface area contributed by atoms with Crippen LogP contribution in [0, 0.1) is 0 Å². The Bertz CT molecular complexity index is 656. The lowest BCUT2D eigenvalue weighted by Crippen LogP contribution is -2.16. The summed E-state index contributed by atoms with van der Waals surface area (Å²) in [6.07, 6.45) is 4.21. The van der Waals surface area contributed by atoms with E-state index in [2.05, 4.69) is 10.3 Å². The van der Waals surface area contributed by atoms with Crippen LogP contribution in [-0.4, -0.2) is 33.3 Å². The molecule has 1 saturated heterocycles. The van der Waals surface area contributed by atoms with Gasteiger partial charge in [-0.05, 0) is 31.5 Å². The molecule has 6 nitrogen and oxygen atoms in total. The van der Waals surface area contributed by atoms with E-state index in [0.29, 0.717) is 23.3 Å². The molecule has 0 saturated carbocycles. The van der Waals surface area contributed by atoms with Crippen LogP contribution >= 0.6 is 0 Å². The summed E-state index contributed by atoms with van der Waals surface area (Å²) >= 11 is 0. The SMILES string of the molecule is O=Cc1nc(C2CCCN2)n2cc(C(=O)O)ccc12. The molecule has 2 aromatic heterocycles. The largest absolute Gasteiger partial charge is 0.478 e. The van der Waals surface area contributed by atoms with Gasteiger partial charge >= 0.3 is 5.97 Å². The number of aldehydes is 1. The van der Waals surface area contributed by atoms with Crippen LogP contribution in [0.3, 0.4) is 0 Å². The number of hydrogen-bond acceptors (Lipinski definition) is 4. The number of aromatic nitrogens is 2. The number of imidazole rings is 1. The molecule has 0 aliphatic carbocycles. The molecule has 0 spiro atoms. The van der Waals surface area contributed by atoms with Crippen molar-refractivity contribution in [2.75, 3.05) is 6.54 Å².